The number of likely N-dealkylation sites (N-methyl/N-ethyl adjacent to an activating group) is 1. The van der Waals surface area contributed by atoms with Crippen LogP contribution in [0, 0.1) is 0 Å². The van der Waals surface area contributed by atoms with Crippen LogP contribution in [0.25, 0.3) is 5.70 Å². The molecule has 94 valence electrons. The van der Waals surface area contributed by atoms with Crippen LogP contribution in [-0.2, 0) is 0 Å². The summed E-state index contributed by atoms with van der Waals surface area (Å²) in [4.78, 5) is 26.2. The number of nitrogens with two attached hydrogens (primary N) is 1. The van der Waals surface area contributed by atoms with Gasteiger partial charge in [0.2, 0.25) is 0 Å². The molecule has 2 bridgehead atoms. The number of carbonyl (C=O) groups excluding carboxylic acids is 2. The van der Waals surface area contributed by atoms with E-state index in [1.54, 1.807) is 33.8 Å². The second-order valence-electron chi connectivity index (χ2n) is 4.51. The Kier molecular flexibility index (Phi) is 2.16. The van der Waals surface area contributed by atoms with E-state index in [-0.39, 0.29) is 17.8 Å². The maximum absolute atomic E-state index is 11.8. The van der Waals surface area contributed by atoms with Gasteiger partial charge in [0, 0.05) is 19.8 Å². The van der Waals surface area contributed by atoms with Gasteiger partial charge in [0.15, 0.2) is 0 Å². The van der Waals surface area contributed by atoms with Crippen molar-refractivity contribution in [2.75, 3.05) is 20.1 Å². The smallest absolute Gasteiger partial charge is 0.320 e. The molecule has 7 nitrogen and oxygen atoms in total. The molecule has 3 amide bonds. The Labute approximate surface area is 103 Å². The molecule has 0 aromatic carbocycles. The summed E-state index contributed by atoms with van der Waals surface area (Å²) >= 11 is 0. The number of urea groups is 1. The molecule has 2 N–H and O–H groups in total. The minimum absolute atomic E-state index is 0.0218. The summed E-state index contributed by atoms with van der Waals surface area (Å²) in [7, 11) is 1.78. The van der Waals surface area contributed by atoms with Crippen LogP contribution in [0.5, 0.6) is 0 Å². The summed E-state index contributed by atoms with van der Waals surface area (Å²) in [6.45, 7) is 1.21. The van der Waals surface area contributed by atoms with Gasteiger partial charge < -0.3 is 15.5 Å². The van der Waals surface area contributed by atoms with Crippen molar-refractivity contribution in [1.82, 2.24) is 19.6 Å². The number of hydrogen-bond acceptors (Lipinski definition) is 3. The molecule has 1 saturated heterocycles. The molecular formula is C11H13N5O2. The van der Waals surface area contributed by atoms with Crippen LogP contribution in [0.3, 0.4) is 0 Å². The molecule has 7 heteroatoms. The summed E-state index contributed by atoms with van der Waals surface area (Å²) < 4.78 is 1.60. The van der Waals surface area contributed by atoms with Crippen LogP contribution in [0.1, 0.15) is 10.5 Å². The molecule has 2 aliphatic heterocycles. The first-order valence-corrected chi connectivity index (χ1v) is 5.64. The fourth-order valence-corrected chi connectivity index (χ4v) is 2.32. The highest BCUT2D eigenvalue weighted by atomic mass is 16.2. The second kappa shape index (κ2) is 3.59. The van der Waals surface area contributed by atoms with Gasteiger partial charge in [-0.05, 0) is 12.1 Å². The molecule has 0 radical (unpaired) electrons. The van der Waals surface area contributed by atoms with Gasteiger partial charge in [-0.15, -0.1) is 0 Å². The Morgan fingerprint density at radius 1 is 1.56 bits per heavy atom. The third-order valence-electron chi connectivity index (χ3n) is 3.35. The standard InChI is InChI=1S/C11H13N5O2/c1-14-7-4-8(6-15(5-7)11(14)18)16-3-2-9(13-16)10(12)17/h2-4,7H,5-6H2,1H3,(H2,12,17). The fourth-order valence-electron chi connectivity index (χ4n) is 2.32. The number of fused-ring (bicyclic) bond motifs is 2. The van der Waals surface area contributed by atoms with Crippen LogP contribution in [-0.4, -0.2) is 57.7 Å². The highest BCUT2D eigenvalue weighted by Gasteiger charge is 2.37. The summed E-state index contributed by atoms with van der Waals surface area (Å²) in [5, 5.41) is 4.10. The van der Waals surface area contributed by atoms with Gasteiger partial charge in [-0.25, -0.2) is 9.48 Å². The van der Waals surface area contributed by atoms with Crippen LogP contribution in [0.4, 0.5) is 4.79 Å². The molecule has 1 atom stereocenters. The van der Waals surface area contributed by atoms with Gasteiger partial charge in [-0.3, -0.25) is 4.79 Å². The van der Waals surface area contributed by atoms with Crippen molar-refractivity contribution in [1.29, 1.82) is 0 Å². The van der Waals surface area contributed by atoms with Crippen molar-refractivity contribution in [2.24, 2.45) is 5.73 Å². The average molecular weight is 247 g/mol. The molecule has 3 heterocycles. The Morgan fingerprint density at radius 3 is 2.94 bits per heavy atom. The molecule has 3 rings (SSSR count). The minimum Gasteiger partial charge on any atom is -0.364 e. The van der Waals surface area contributed by atoms with E-state index in [0.717, 1.165) is 5.70 Å². The SMILES string of the molecule is CN1C(=O)N2CC(n3ccc(C(N)=O)n3)=CC1C2. The van der Waals surface area contributed by atoms with Gasteiger partial charge >= 0.3 is 6.03 Å². The van der Waals surface area contributed by atoms with E-state index >= 15 is 0 Å². The average Bonchev–Trinajstić information content (AvgIpc) is 2.91. The first-order valence-electron chi connectivity index (χ1n) is 5.64. The van der Waals surface area contributed by atoms with E-state index in [1.807, 2.05) is 6.08 Å². The van der Waals surface area contributed by atoms with Crippen molar-refractivity contribution in [2.45, 2.75) is 6.04 Å². The number of primary amides is 1. The Hall–Kier alpha value is -2.31. The lowest BCUT2D eigenvalue weighted by atomic mass is 10.2. The summed E-state index contributed by atoms with van der Waals surface area (Å²) in [6.07, 6.45) is 3.68. The maximum atomic E-state index is 11.8. The number of hydrogen-bond donors (Lipinski definition) is 1. The van der Waals surface area contributed by atoms with E-state index in [1.165, 1.54) is 0 Å². The highest BCUT2D eigenvalue weighted by molar-refractivity contribution is 5.90. The number of nitrogens with zero attached hydrogens (tertiary/aromatic N) is 4. The summed E-state index contributed by atoms with van der Waals surface area (Å²) in [5.41, 5.74) is 6.27. The van der Waals surface area contributed by atoms with Crippen LogP contribution in [0.15, 0.2) is 18.3 Å². The lowest BCUT2D eigenvalue weighted by Crippen LogP contribution is -2.31. The van der Waals surface area contributed by atoms with Gasteiger partial charge in [-0.2, -0.15) is 5.10 Å². The molecule has 1 aromatic heterocycles. The van der Waals surface area contributed by atoms with Crippen molar-refractivity contribution in [3.8, 4) is 0 Å². The van der Waals surface area contributed by atoms with Crippen LogP contribution < -0.4 is 5.73 Å². The molecule has 0 aliphatic carbocycles. The van der Waals surface area contributed by atoms with Crippen LogP contribution >= 0.6 is 0 Å². The van der Waals surface area contributed by atoms with E-state index < -0.39 is 5.91 Å². The van der Waals surface area contributed by atoms with E-state index in [2.05, 4.69) is 5.10 Å². The van der Waals surface area contributed by atoms with Crippen molar-refractivity contribution in [3.05, 3.63) is 24.0 Å². The van der Waals surface area contributed by atoms with Crippen molar-refractivity contribution in [3.63, 3.8) is 0 Å². The molecule has 1 fully saturated rings. The predicted molar refractivity (Wildman–Crippen MR) is 63.5 cm³/mol. The topological polar surface area (TPSA) is 84.5 Å². The molecule has 2 aliphatic rings. The van der Waals surface area contributed by atoms with Crippen molar-refractivity contribution >= 4 is 17.6 Å². The lowest BCUT2D eigenvalue weighted by Gasteiger charge is -2.21. The normalized spacial score (nSPS) is 22.4. The Bertz CT molecular complexity index is 562. The molecule has 1 aromatic rings. The largest absolute Gasteiger partial charge is 0.364 e. The number of rotatable bonds is 2. The monoisotopic (exact) mass is 247 g/mol. The van der Waals surface area contributed by atoms with Crippen LogP contribution in [0.2, 0.25) is 0 Å². The molecule has 0 spiro atoms. The third-order valence-corrected chi connectivity index (χ3v) is 3.35. The molecule has 18 heavy (non-hydrogen) atoms. The summed E-state index contributed by atoms with van der Waals surface area (Å²) in [6, 6.07) is 1.66. The van der Waals surface area contributed by atoms with E-state index in [9.17, 15) is 9.59 Å². The highest BCUT2D eigenvalue weighted by Crippen LogP contribution is 2.24. The first-order chi connectivity index (χ1) is 8.56. The number of aromatic nitrogens is 2. The molecule has 0 saturated carbocycles. The zero-order valence-electron chi connectivity index (χ0n) is 9.91. The Balaban J connectivity index is 1.92. The van der Waals surface area contributed by atoms with Gasteiger partial charge in [0.1, 0.15) is 5.69 Å². The summed E-state index contributed by atoms with van der Waals surface area (Å²) in [5.74, 6) is -0.554. The zero-order chi connectivity index (χ0) is 12.9. The zero-order valence-corrected chi connectivity index (χ0v) is 9.91. The third kappa shape index (κ3) is 1.47. The second-order valence-corrected chi connectivity index (χ2v) is 4.51. The van der Waals surface area contributed by atoms with Gasteiger partial charge in [-0.1, -0.05) is 0 Å². The molecule has 1 unspecified atom stereocenters. The number of amides is 3. The maximum Gasteiger partial charge on any atom is 0.320 e. The Morgan fingerprint density at radius 2 is 2.33 bits per heavy atom. The predicted octanol–water partition coefficient (Wildman–Crippen LogP) is -0.427. The first kappa shape index (κ1) is 10.8. The molecular weight excluding hydrogens is 234 g/mol. The van der Waals surface area contributed by atoms with Gasteiger partial charge in [0.25, 0.3) is 5.91 Å². The van der Waals surface area contributed by atoms with Crippen molar-refractivity contribution < 1.29 is 9.59 Å². The van der Waals surface area contributed by atoms with E-state index in [4.69, 9.17) is 5.73 Å². The lowest BCUT2D eigenvalue weighted by molar-refractivity contribution is 0.0995. The number of carbonyl (C=O) groups is 2. The van der Waals surface area contributed by atoms with E-state index in [0.29, 0.717) is 13.1 Å². The fraction of sp³-hybridized carbons (Fsp3) is 0.364. The van der Waals surface area contributed by atoms with Gasteiger partial charge in [0.05, 0.1) is 18.3 Å². The quantitative estimate of drug-likeness (QED) is 0.769. The minimum atomic E-state index is -0.554.